The van der Waals surface area contributed by atoms with Crippen molar-refractivity contribution in [2.75, 3.05) is 19.0 Å². The van der Waals surface area contributed by atoms with Gasteiger partial charge in [-0.2, -0.15) is 0 Å². The summed E-state index contributed by atoms with van der Waals surface area (Å²) in [7, 11) is 1.69. The van der Waals surface area contributed by atoms with Gasteiger partial charge in [-0.05, 0) is 6.92 Å². The fraction of sp³-hybridized carbons (Fsp3) is 0.667. The second-order valence-electron chi connectivity index (χ2n) is 1.64. The number of hydrogen-bond donors (Lipinski definition) is 0. The van der Waals surface area contributed by atoms with Gasteiger partial charge in [0, 0.05) is 12.4 Å². The van der Waals surface area contributed by atoms with Gasteiger partial charge in [0.05, 0.1) is 6.61 Å². The van der Waals surface area contributed by atoms with Crippen LogP contribution in [0.3, 0.4) is 0 Å². The van der Waals surface area contributed by atoms with Crippen LogP contribution in [0.4, 0.5) is 0 Å². The van der Waals surface area contributed by atoms with Crippen molar-refractivity contribution in [3.63, 3.8) is 0 Å². The summed E-state index contributed by atoms with van der Waals surface area (Å²) < 4.78 is 4.82. The van der Waals surface area contributed by atoms with E-state index in [0.29, 0.717) is 0 Å². The SMILES string of the molecule is COC/C=C(/C)CBr. The van der Waals surface area contributed by atoms with E-state index in [1.165, 1.54) is 5.57 Å². The highest BCUT2D eigenvalue weighted by Crippen LogP contribution is 1.95. The summed E-state index contributed by atoms with van der Waals surface area (Å²) in [5, 5.41) is 0.941. The number of halogens is 1. The van der Waals surface area contributed by atoms with Crippen LogP contribution in [-0.4, -0.2) is 19.0 Å². The average molecular weight is 179 g/mol. The van der Waals surface area contributed by atoms with Crippen molar-refractivity contribution in [3.8, 4) is 0 Å². The fourth-order valence-electron chi connectivity index (χ4n) is 0.280. The lowest BCUT2D eigenvalue weighted by atomic mass is 10.3. The monoisotopic (exact) mass is 178 g/mol. The quantitative estimate of drug-likeness (QED) is 0.475. The molecule has 0 spiro atoms. The molecule has 0 aliphatic rings. The second-order valence-corrected chi connectivity index (χ2v) is 2.20. The van der Waals surface area contributed by atoms with Crippen LogP contribution in [0.15, 0.2) is 11.6 Å². The van der Waals surface area contributed by atoms with Crippen LogP contribution in [0, 0.1) is 0 Å². The summed E-state index contributed by atoms with van der Waals surface area (Å²) in [4.78, 5) is 0. The van der Waals surface area contributed by atoms with Crippen molar-refractivity contribution in [2.45, 2.75) is 6.92 Å². The zero-order chi connectivity index (χ0) is 6.41. The molecule has 0 aliphatic heterocycles. The van der Waals surface area contributed by atoms with Crippen molar-refractivity contribution in [3.05, 3.63) is 11.6 Å². The molecule has 0 bridgehead atoms. The van der Waals surface area contributed by atoms with Crippen LogP contribution in [0.2, 0.25) is 0 Å². The van der Waals surface area contributed by atoms with Crippen LogP contribution >= 0.6 is 15.9 Å². The van der Waals surface area contributed by atoms with E-state index in [-0.39, 0.29) is 0 Å². The molecule has 0 amide bonds. The molecule has 0 saturated carbocycles. The first-order valence-electron chi connectivity index (χ1n) is 2.51. The fourth-order valence-corrected chi connectivity index (χ4v) is 0.509. The maximum atomic E-state index is 4.82. The van der Waals surface area contributed by atoms with Crippen molar-refractivity contribution in [2.24, 2.45) is 0 Å². The first kappa shape index (κ1) is 8.18. The maximum Gasteiger partial charge on any atom is 0.0646 e. The van der Waals surface area contributed by atoms with E-state index in [2.05, 4.69) is 28.9 Å². The lowest BCUT2D eigenvalue weighted by molar-refractivity contribution is 0.233. The van der Waals surface area contributed by atoms with Crippen molar-refractivity contribution in [1.29, 1.82) is 0 Å². The standard InChI is InChI=1S/C6H11BrO/c1-6(5-7)3-4-8-2/h3H,4-5H2,1-2H3/b6-3-. The molecule has 8 heavy (non-hydrogen) atoms. The zero-order valence-corrected chi connectivity index (χ0v) is 6.86. The Morgan fingerprint density at radius 2 is 2.38 bits per heavy atom. The van der Waals surface area contributed by atoms with Crippen LogP contribution < -0.4 is 0 Å². The van der Waals surface area contributed by atoms with Gasteiger partial charge >= 0.3 is 0 Å². The van der Waals surface area contributed by atoms with E-state index in [1.54, 1.807) is 7.11 Å². The number of allylic oxidation sites excluding steroid dienone is 1. The van der Waals surface area contributed by atoms with Gasteiger partial charge in [-0.3, -0.25) is 0 Å². The zero-order valence-electron chi connectivity index (χ0n) is 5.28. The van der Waals surface area contributed by atoms with E-state index < -0.39 is 0 Å². The molecule has 1 nitrogen and oxygen atoms in total. The Labute approximate surface area is 58.9 Å². The van der Waals surface area contributed by atoms with Crippen LogP contribution in [-0.2, 0) is 4.74 Å². The molecule has 0 atom stereocenters. The molecule has 0 aromatic rings. The molecule has 2 heteroatoms. The molecule has 0 fully saturated rings. The number of hydrogen-bond acceptors (Lipinski definition) is 1. The smallest absolute Gasteiger partial charge is 0.0646 e. The summed E-state index contributed by atoms with van der Waals surface area (Å²) in [6, 6.07) is 0. The van der Waals surface area contributed by atoms with E-state index in [0.717, 1.165) is 11.9 Å². The molecule has 0 aromatic heterocycles. The third-order valence-corrected chi connectivity index (χ3v) is 1.69. The van der Waals surface area contributed by atoms with Crippen molar-refractivity contribution >= 4 is 15.9 Å². The Hall–Kier alpha value is 0.180. The van der Waals surface area contributed by atoms with Crippen molar-refractivity contribution in [1.82, 2.24) is 0 Å². The molecule has 0 rings (SSSR count). The van der Waals surface area contributed by atoms with E-state index in [9.17, 15) is 0 Å². The second kappa shape index (κ2) is 5.32. The average Bonchev–Trinajstić information content (AvgIpc) is 1.83. The van der Waals surface area contributed by atoms with Crippen molar-refractivity contribution < 1.29 is 4.74 Å². The lowest BCUT2D eigenvalue weighted by Crippen LogP contribution is -1.84. The van der Waals surface area contributed by atoms with Gasteiger partial charge in [-0.15, -0.1) is 0 Å². The van der Waals surface area contributed by atoms with E-state index in [1.807, 2.05) is 0 Å². The number of ether oxygens (including phenoxy) is 1. The molecular formula is C6H11BrO. The predicted molar refractivity (Wildman–Crippen MR) is 39.4 cm³/mol. The summed E-state index contributed by atoms with van der Waals surface area (Å²) in [5.74, 6) is 0. The van der Waals surface area contributed by atoms with Gasteiger partial charge in [0.2, 0.25) is 0 Å². The Morgan fingerprint density at radius 1 is 1.75 bits per heavy atom. The summed E-state index contributed by atoms with van der Waals surface area (Å²) in [6.07, 6.45) is 2.05. The van der Waals surface area contributed by atoms with Crippen LogP contribution in [0.1, 0.15) is 6.92 Å². The Bertz CT molecular complexity index is 78.6. The van der Waals surface area contributed by atoms with Gasteiger partial charge in [-0.25, -0.2) is 0 Å². The molecule has 0 unspecified atom stereocenters. The largest absolute Gasteiger partial charge is 0.381 e. The van der Waals surface area contributed by atoms with Gasteiger partial charge in [-0.1, -0.05) is 27.6 Å². The van der Waals surface area contributed by atoms with Gasteiger partial charge in [0.25, 0.3) is 0 Å². The molecule has 48 valence electrons. The molecule has 0 saturated heterocycles. The summed E-state index contributed by atoms with van der Waals surface area (Å²) in [5.41, 5.74) is 1.31. The topological polar surface area (TPSA) is 9.23 Å². The predicted octanol–water partition coefficient (Wildman–Crippen LogP) is 1.97. The molecule has 0 aromatic carbocycles. The first-order chi connectivity index (χ1) is 3.81. The minimum Gasteiger partial charge on any atom is -0.381 e. The Kier molecular flexibility index (Phi) is 5.44. The minimum atomic E-state index is 0.720. The normalized spacial score (nSPS) is 12.1. The number of alkyl halides is 1. The molecule has 0 N–H and O–H groups in total. The highest BCUT2D eigenvalue weighted by molar-refractivity contribution is 9.09. The highest BCUT2D eigenvalue weighted by atomic mass is 79.9. The Balaban J connectivity index is 3.26. The molecule has 0 aliphatic carbocycles. The first-order valence-corrected chi connectivity index (χ1v) is 3.64. The summed E-state index contributed by atoms with van der Waals surface area (Å²) >= 11 is 3.32. The van der Waals surface area contributed by atoms with Gasteiger partial charge in [0.15, 0.2) is 0 Å². The van der Waals surface area contributed by atoms with E-state index >= 15 is 0 Å². The van der Waals surface area contributed by atoms with Crippen LogP contribution in [0.5, 0.6) is 0 Å². The molecule has 0 radical (unpaired) electrons. The van der Waals surface area contributed by atoms with Gasteiger partial charge in [0.1, 0.15) is 0 Å². The van der Waals surface area contributed by atoms with E-state index in [4.69, 9.17) is 4.74 Å². The van der Waals surface area contributed by atoms with Crippen LogP contribution in [0.25, 0.3) is 0 Å². The maximum absolute atomic E-state index is 4.82. The molecule has 0 heterocycles. The third kappa shape index (κ3) is 4.34. The highest BCUT2D eigenvalue weighted by Gasteiger charge is 1.80. The number of rotatable bonds is 3. The Morgan fingerprint density at radius 3 is 2.75 bits per heavy atom. The third-order valence-electron chi connectivity index (χ3n) is 0.809. The summed E-state index contributed by atoms with van der Waals surface area (Å²) in [6.45, 7) is 2.78. The minimum absolute atomic E-state index is 0.720. The lowest BCUT2D eigenvalue weighted by Gasteiger charge is -1.91. The molecular weight excluding hydrogens is 168 g/mol. The number of methoxy groups -OCH3 is 1. The van der Waals surface area contributed by atoms with Gasteiger partial charge < -0.3 is 4.74 Å².